The largest absolute Gasteiger partial charge is 0.381 e. The van der Waals surface area contributed by atoms with Crippen LogP contribution >= 0.6 is 0 Å². The van der Waals surface area contributed by atoms with E-state index in [0.717, 1.165) is 12.8 Å². The molecule has 234 valence electrons. The van der Waals surface area contributed by atoms with E-state index in [1.807, 2.05) is 0 Å². The lowest BCUT2D eigenvalue weighted by Gasteiger charge is -2.17. The maximum absolute atomic E-state index is 13.6. The minimum atomic E-state index is -0.537. The molecule has 3 amide bonds. The van der Waals surface area contributed by atoms with Crippen molar-refractivity contribution >= 4 is 40.6 Å². The Labute approximate surface area is 263 Å². The third-order valence-corrected chi connectivity index (χ3v) is 7.43. The average molecular weight is 621 g/mol. The fourth-order valence-corrected chi connectivity index (χ4v) is 5.04. The maximum Gasteiger partial charge on any atom is 0.290 e. The molecule has 46 heavy (non-hydrogen) atoms. The number of benzene rings is 2. The third kappa shape index (κ3) is 6.43. The molecule has 0 radical (unpaired) electrons. The van der Waals surface area contributed by atoms with Crippen LogP contribution in [0.4, 0.5) is 22.9 Å². The molecule has 0 saturated heterocycles. The lowest BCUT2D eigenvalue weighted by atomic mass is 10.1. The number of nitrogens with one attached hydrogen (secondary N) is 4. The van der Waals surface area contributed by atoms with Crippen LogP contribution in [0.3, 0.4) is 0 Å². The van der Waals surface area contributed by atoms with Crippen LogP contribution in [0.15, 0.2) is 76.2 Å². The van der Waals surface area contributed by atoms with Gasteiger partial charge in [-0.3, -0.25) is 23.9 Å². The molecule has 0 atom stereocenters. The number of rotatable bonds is 9. The Morgan fingerprint density at radius 1 is 0.870 bits per heavy atom. The molecule has 1 aliphatic carbocycles. The van der Waals surface area contributed by atoms with E-state index in [-0.39, 0.29) is 28.8 Å². The molecule has 1 aliphatic rings. The van der Waals surface area contributed by atoms with Gasteiger partial charge in [0, 0.05) is 55.0 Å². The molecule has 5 aromatic rings. The van der Waals surface area contributed by atoms with Gasteiger partial charge in [0.05, 0.1) is 16.8 Å². The van der Waals surface area contributed by atoms with Gasteiger partial charge in [0.25, 0.3) is 23.3 Å². The predicted octanol–water partition coefficient (Wildman–Crippen LogP) is 4.72. The zero-order chi connectivity index (χ0) is 32.5. The van der Waals surface area contributed by atoms with Crippen molar-refractivity contribution in [2.45, 2.75) is 32.7 Å². The fraction of sp³-hybridized carbons (Fsp3) is 0.212. The summed E-state index contributed by atoms with van der Waals surface area (Å²) in [5.74, 6) is -0.447. The SMILES string of the molecule is Cc1cc(C(=O)Nc2ccc(-c3c(C)on(C)c3=O)cc2)c(NC2CC2)c(C(=O)Nc2cccc(C(=O)Nc3ccn(C)n3)c2)n1. The molecule has 0 spiro atoms. The van der Waals surface area contributed by atoms with Gasteiger partial charge in [-0.25, -0.2) is 4.98 Å². The normalized spacial score (nSPS) is 12.4. The lowest BCUT2D eigenvalue weighted by Crippen LogP contribution is -2.23. The zero-order valence-corrected chi connectivity index (χ0v) is 25.7. The van der Waals surface area contributed by atoms with Gasteiger partial charge in [0.1, 0.15) is 5.76 Å². The molecule has 13 heteroatoms. The highest BCUT2D eigenvalue weighted by Crippen LogP contribution is 2.31. The summed E-state index contributed by atoms with van der Waals surface area (Å²) >= 11 is 0. The number of hydrogen-bond donors (Lipinski definition) is 4. The number of nitrogens with zero attached hydrogens (tertiary/aromatic N) is 4. The number of pyridine rings is 1. The van der Waals surface area contributed by atoms with E-state index in [0.29, 0.717) is 51.0 Å². The van der Waals surface area contributed by atoms with Gasteiger partial charge in [-0.2, -0.15) is 9.84 Å². The molecule has 0 aliphatic heterocycles. The van der Waals surface area contributed by atoms with Crippen molar-refractivity contribution in [1.82, 2.24) is 19.5 Å². The van der Waals surface area contributed by atoms with Gasteiger partial charge >= 0.3 is 0 Å². The predicted molar refractivity (Wildman–Crippen MR) is 173 cm³/mol. The second-order valence-electron chi connectivity index (χ2n) is 11.2. The number of anilines is 4. The monoisotopic (exact) mass is 620 g/mol. The Morgan fingerprint density at radius 2 is 1.61 bits per heavy atom. The van der Waals surface area contributed by atoms with E-state index < -0.39 is 11.8 Å². The first-order chi connectivity index (χ1) is 22.0. The second kappa shape index (κ2) is 12.2. The number of amides is 3. The highest BCUT2D eigenvalue weighted by molar-refractivity contribution is 6.14. The molecular formula is C33H32N8O5. The first kappa shape index (κ1) is 30.1. The van der Waals surface area contributed by atoms with Gasteiger partial charge in [0.2, 0.25) is 0 Å². The number of carbonyl (C=O) groups excluding carboxylic acids is 3. The molecule has 1 saturated carbocycles. The molecule has 0 bridgehead atoms. The van der Waals surface area contributed by atoms with E-state index in [1.54, 1.807) is 99.5 Å². The van der Waals surface area contributed by atoms with Crippen LogP contribution in [0.25, 0.3) is 11.1 Å². The second-order valence-corrected chi connectivity index (χ2v) is 11.2. The van der Waals surface area contributed by atoms with Crippen molar-refractivity contribution in [2.75, 3.05) is 21.3 Å². The van der Waals surface area contributed by atoms with Crippen LogP contribution < -0.4 is 26.8 Å². The summed E-state index contributed by atoms with van der Waals surface area (Å²) in [6.07, 6.45) is 3.52. The Bertz CT molecular complexity index is 2040. The topological polar surface area (TPSA) is 165 Å². The highest BCUT2D eigenvalue weighted by atomic mass is 16.5. The van der Waals surface area contributed by atoms with E-state index in [1.165, 1.54) is 4.74 Å². The van der Waals surface area contributed by atoms with Gasteiger partial charge in [-0.1, -0.05) is 18.2 Å². The molecule has 3 heterocycles. The minimum absolute atomic E-state index is 0.0574. The van der Waals surface area contributed by atoms with Gasteiger partial charge in [0.15, 0.2) is 11.5 Å². The quantitative estimate of drug-likeness (QED) is 0.184. The Hall–Kier alpha value is -5.98. The summed E-state index contributed by atoms with van der Waals surface area (Å²) in [7, 11) is 3.30. The minimum Gasteiger partial charge on any atom is -0.381 e. The smallest absolute Gasteiger partial charge is 0.290 e. The summed E-state index contributed by atoms with van der Waals surface area (Å²) < 4.78 is 8.14. The van der Waals surface area contributed by atoms with E-state index in [2.05, 4.69) is 31.3 Å². The van der Waals surface area contributed by atoms with Crippen molar-refractivity contribution in [2.24, 2.45) is 14.1 Å². The summed E-state index contributed by atoms with van der Waals surface area (Å²) in [6.45, 7) is 3.43. The Balaban J connectivity index is 1.23. The Morgan fingerprint density at radius 3 is 2.26 bits per heavy atom. The number of aryl methyl sites for hydroxylation is 4. The molecule has 1 fully saturated rings. The van der Waals surface area contributed by atoms with Gasteiger partial charge in [-0.15, -0.1) is 0 Å². The standard InChI is InChI=1S/C33H32N8O5/c1-18-16-25(31(43)36-23-10-8-20(9-11-23)27-19(2)46-41(4)33(27)45)28(35-22-12-13-22)29(34-18)32(44)37-24-7-5-6-21(17-24)30(42)38-26-14-15-40(3)39-26/h5-11,14-17,22,35H,12-13H2,1-4H3,(H,36,43)(H,37,44)(H,38,39,42). The fourth-order valence-electron chi connectivity index (χ4n) is 5.04. The van der Waals surface area contributed by atoms with Crippen LogP contribution in [0, 0.1) is 13.8 Å². The number of aromatic nitrogens is 4. The van der Waals surface area contributed by atoms with Crippen LogP contribution in [-0.4, -0.2) is 43.3 Å². The van der Waals surface area contributed by atoms with Crippen LogP contribution in [0.2, 0.25) is 0 Å². The number of carbonyl (C=O) groups is 3. The summed E-state index contributed by atoms with van der Waals surface area (Å²) in [5, 5.41) is 15.9. The Kier molecular flexibility index (Phi) is 7.97. The van der Waals surface area contributed by atoms with Gasteiger partial charge < -0.3 is 25.8 Å². The summed E-state index contributed by atoms with van der Waals surface area (Å²) in [4.78, 5) is 57.0. The van der Waals surface area contributed by atoms with Crippen LogP contribution in [0.5, 0.6) is 0 Å². The molecule has 4 N–H and O–H groups in total. The van der Waals surface area contributed by atoms with E-state index in [9.17, 15) is 19.2 Å². The average Bonchev–Trinajstić information content (AvgIpc) is 3.69. The highest BCUT2D eigenvalue weighted by Gasteiger charge is 2.28. The maximum atomic E-state index is 13.6. The van der Waals surface area contributed by atoms with Crippen molar-refractivity contribution in [1.29, 1.82) is 0 Å². The lowest BCUT2D eigenvalue weighted by molar-refractivity contribution is 0.101. The summed E-state index contributed by atoms with van der Waals surface area (Å²) in [5.41, 5.74) is 3.20. The van der Waals surface area contributed by atoms with Crippen molar-refractivity contribution in [3.63, 3.8) is 0 Å². The first-order valence-corrected chi connectivity index (χ1v) is 14.6. The van der Waals surface area contributed by atoms with Gasteiger partial charge in [-0.05, 0) is 68.7 Å². The summed E-state index contributed by atoms with van der Waals surface area (Å²) in [6, 6.07) is 16.8. The van der Waals surface area contributed by atoms with Crippen molar-refractivity contribution in [3.05, 3.63) is 105 Å². The van der Waals surface area contributed by atoms with E-state index in [4.69, 9.17) is 4.52 Å². The number of hydrogen-bond acceptors (Lipinski definition) is 8. The van der Waals surface area contributed by atoms with Crippen molar-refractivity contribution in [3.8, 4) is 11.1 Å². The van der Waals surface area contributed by atoms with Crippen LogP contribution in [0.1, 0.15) is 55.5 Å². The van der Waals surface area contributed by atoms with E-state index >= 15 is 0 Å². The molecule has 0 unspecified atom stereocenters. The van der Waals surface area contributed by atoms with Crippen molar-refractivity contribution < 1.29 is 18.9 Å². The molecule has 13 nitrogen and oxygen atoms in total. The zero-order valence-electron chi connectivity index (χ0n) is 25.7. The molecular weight excluding hydrogens is 588 g/mol. The molecule has 2 aromatic carbocycles. The third-order valence-electron chi connectivity index (χ3n) is 7.43. The van der Waals surface area contributed by atoms with Crippen LogP contribution in [-0.2, 0) is 14.1 Å². The molecule has 3 aromatic heterocycles. The molecule has 6 rings (SSSR count). The first-order valence-electron chi connectivity index (χ1n) is 14.6.